The Morgan fingerprint density at radius 2 is 1.79 bits per heavy atom. The molecule has 2 rings (SSSR count). The molecule has 1 aromatic heterocycles. The third-order valence-corrected chi connectivity index (χ3v) is 2.45. The van der Waals surface area contributed by atoms with Gasteiger partial charge in [0.25, 0.3) is 0 Å². The van der Waals surface area contributed by atoms with E-state index in [1.165, 1.54) is 5.56 Å². The number of nitrogens with one attached hydrogen (secondary N) is 2. The molecule has 4 nitrogen and oxygen atoms in total. The van der Waals surface area contributed by atoms with Crippen molar-refractivity contribution in [1.82, 2.24) is 9.97 Å². The topological polar surface area (TPSA) is 49.8 Å². The number of anilines is 2. The normalized spacial score (nSPS) is 11.1. The molecule has 0 amide bonds. The van der Waals surface area contributed by atoms with E-state index in [0.717, 1.165) is 12.4 Å². The van der Waals surface area contributed by atoms with E-state index in [1.807, 2.05) is 24.3 Å². The lowest BCUT2D eigenvalue weighted by atomic mass is 10.1. The molecule has 0 saturated carbocycles. The maximum atomic E-state index is 4.44. The molecule has 4 heteroatoms. The standard InChI is InChI=1S/C15H20N4/c1-15(2,3)19-13-9-10-16-14(18-13)17-11-12-7-5-4-6-8-12/h4-10H,11H2,1-3H3,(H2,16,17,18,19). The van der Waals surface area contributed by atoms with Crippen LogP contribution in [-0.2, 0) is 6.54 Å². The van der Waals surface area contributed by atoms with Crippen molar-refractivity contribution in [2.24, 2.45) is 0 Å². The lowest BCUT2D eigenvalue weighted by molar-refractivity contribution is 0.630. The van der Waals surface area contributed by atoms with Gasteiger partial charge in [0.1, 0.15) is 5.82 Å². The van der Waals surface area contributed by atoms with Gasteiger partial charge in [-0.15, -0.1) is 0 Å². The van der Waals surface area contributed by atoms with E-state index >= 15 is 0 Å². The highest BCUT2D eigenvalue weighted by molar-refractivity contribution is 5.41. The predicted molar refractivity (Wildman–Crippen MR) is 79.2 cm³/mol. The molecule has 0 saturated heterocycles. The molecule has 0 spiro atoms. The Morgan fingerprint density at radius 3 is 2.47 bits per heavy atom. The minimum absolute atomic E-state index is 0.00888. The molecule has 2 N–H and O–H groups in total. The number of nitrogens with zero attached hydrogens (tertiary/aromatic N) is 2. The fourth-order valence-corrected chi connectivity index (χ4v) is 1.67. The van der Waals surface area contributed by atoms with E-state index in [0.29, 0.717) is 5.95 Å². The molecule has 0 aliphatic heterocycles. The zero-order chi connectivity index (χ0) is 13.7. The van der Waals surface area contributed by atoms with Gasteiger partial charge in [0.15, 0.2) is 0 Å². The Labute approximate surface area is 114 Å². The third-order valence-electron chi connectivity index (χ3n) is 2.45. The first kappa shape index (κ1) is 13.3. The molecule has 0 unspecified atom stereocenters. The van der Waals surface area contributed by atoms with Gasteiger partial charge in [-0.05, 0) is 32.4 Å². The molecule has 0 aliphatic carbocycles. The largest absolute Gasteiger partial charge is 0.365 e. The second-order valence-corrected chi connectivity index (χ2v) is 5.48. The summed E-state index contributed by atoms with van der Waals surface area (Å²) in [6.45, 7) is 7.03. The minimum Gasteiger partial charge on any atom is -0.365 e. The highest BCUT2D eigenvalue weighted by Crippen LogP contribution is 2.13. The van der Waals surface area contributed by atoms with Crippen molar-refractivity contribution in [1.29, 1.82) is 0 Å². The van der Waals surface area contributed by atoms with E-state index < -0.39 is 0 Å². The number of hydrogen-bond acceptors (Lipinski definition) is 4. The highest BCUT2D eigenvalue weighted by Gasteiger charge is 2.10. The summed E-state index contributed by atoms with van der Waals surface area (Å²) in [7, 11) is 0. The van der Waals surface area contributed by atoms with Crippen molar-refractivity contribution in [3.05, 3.63) is 48.2 Å². The fourth-order valence-electron chi connectivity index (χ4n) is 1.67. The highest BCUT2D eigenvalue weighted by atomic mass is 15.1. The Morgan fingerprint density at radius 1 is 1.05 bits per heavy atom. The van der Waals surface area contributed by atoms with Crippen molar-refractivity contribution in [3.8, 4) is 0 Å². The van der Waals surface area contributed by atoms with Crippen molar-refractivity contribution in [2.45, 2.75) is 32.9 Å². The number of rotatable bonds is 4. The molecule has 100 valence electrons. The summed E-state index contributed by atoms with van der Waals surface area (Å²) in [5.41, 5.74) is 1.20. The fraction of sp³-hybridized carbons (Fsp3) is 0.333. The molecule has 0 aliphatic rings. The molecule has 2 aromatic rings. The van der Waals surface area contributed by atoms with Crippen LogP contribution in [0, 0.1) is 0 Å². The second-order valence-electron chi connectivity index (χ2n) is 5.48. The van der Waals surface area contributed by atoms with Gasteiger partial charge in [-0.2, -0.15) is 4.98 Å². The van der Waals surface area contributed by atoms with Crippen LogP contribution < -0.4 is 10.6 Å². The minimum atomic E-state index is -0.00888. The number of aromatic nitrogens is 2. The molecule has 0 atom stereocenters. The van der Waals surface area contributed by atoms with Crippen LogP contribution >= 0.6 is 0 Å². The summed E-state index contributed by atoms with van der Waals surface area (Å²) in [5.74, 6) is 1.47. The first-order valence-corrected chi connectivity index (χ1v) is 6.42. The van der Waals surface area contributed by atoms with E-state index in [2.05, 4.69) is 53.5 Å². The Balaban J connectivity index is 1.99. The van der Waals surface area contributed by atoms with Crippen molar-refractivity contribution < 1.29 is 0 Å². The Hall–Kier alpha value is -2.10. The zero-order valence-corrected chi connectivity index (χ0v) is 11.6. The van der Waals surface area contributed by atoms with Crippen LogP contribution in [0.5, 0.6) is 0 Å². The van der Waals surface area contributed by atoms with E-state index in [9.17, 15) is 0 Å². The molecular weight excluding hydrogens is 236 g/mol. The van der Waals surface area contributed by atoms with Crippen LogP contribution in [0.1, 0.15) is 26.3 Å². The lowest BCUT2D eigenvalue weighted by Crippen LogP contribution is -2.26. The summed E-state index contributed by atoms with van der Waals surface area (Å²) in [5, 5.41) is 6.55. The first-order chi connectivity index (χ1) is 9.03. The average molecular weight is 256 g/mol. The predicted octanol–water partition coefficient (Wildman–Crippen LogP) is 3.30. The quantitative estimate of drug-likeness (QED) is 0.881. The molecular formula is C15H20N4. The molecule has 1 aromatic carbocycles. The van der Waals surface area contributed by atoms with Crippen molar-refractivity contribution >= 4 is 11.8 Å². The van der Waals surface area contributed by atoms with Gasteiger partial charge in [-0.1, -0.05) is 30.3 Å². The lowest BCUT2D eigenvalue weighted by Gasteiger charge is -2.21. The van der Waals surface area contributed by atoms with Gasteiger partial charge in [0, 0.05) is 18.3 Å². The van der Waals surface area contributed by atoms with Gasteiger partial charge < -0.3 is 10.6 Å². The van der Waals surface area contributed by atoms with Gasteiger partial charge in [0.05, 0.1) is 0 Å². The van der Waals surface area contributed by atoms with Crippen LogP contribution in [0.25, 0.3) is 0 Å². The summed E-state index contributed by atoms with van der Waals surface area (Å²) < 4.78 is 0. The number of benzene rings is 1. The molecule has 1 heterocycles. The molecule has 19 heavy (non-hydrogen) atoms. The molecule has 0 radical (unpaired) electrons. The number of hydrogen-bond donors (Lipinski definition) is 2. The summed E-state index contributed by atoms with van der Waals surface area (Å²) in [6.07, 6.45) is 1.76. The van der Waals surface area contributed by atoms with Gasteiger partial charge in [-0.3, -0.25) is 0 Å². The third kappa shape index (κ3) is 4.58. The average Bonchev–Trinajstić information content (AvgIpc) is 2.36. The summed E-state index contributed by atoms with van der Waals surface area (Å²) in [4.78, 5) is 8.66. The summed E-state index contributed by atoms with van der Waals surface area (Å²) >= 11 is 0. The SMILES string of the molecule is CC(C)(C)Nc1ccnc(NCc2ccccc2)n1. The monoisotopic (exact) mass is 256 g/mol. The van der Waals surface area contributed by atoms with E-state index in [4.69, 9.17) is 0 Å². The second kappa shape index (κ2) is 5.69. The van der Waals surface area contributed by atoms with Crippen LogP contribution in [0.3, 0.4) is 0 Å². The maximum Gasteiger partial charge on any atom is 0.224 e. The summed E-state index contributed by atoms with van der Waals surface area (Å²) in [6, 6.07) is 12.1. The van der Waals surface area contributed by atoms with Crippen LogP contribution in [-0.4, -0.2) is 15.5 Å². The zero-order valence-electron chi connectivity index (χ0n) is 11.6. The van der Waals surface area contributed by atoms with Crippen molar-refractivity contribution in [3.63, 3.8) is 0 Å². The first-order valence-electron chi connectivity index (χ1n) is 6.42. The van der Waals surface area contributed by atoms with E-state index in [-0.39, 0.29) is 5.54 Å². The Kier molecular flexibility index (Phi) is 4.00. The molecule has 0 bridgehead atoms. The van der Waals surface area contributed by atoms with Gasteiger partial charge in [-0.25, -0.2) is 4.98 Å². The van der Waals surface area contributed by atoms with Crippen LogP contribution in [0.2, 0.25) is 0 Å². The van der Waals surface area contributed by atoms with Crippen LogP contribution in [0.4, 0.5) is 11.8 Å². The molecule has 0 fully saturated rings. The maximum absolute atomic E-state index is 4.44. The smallest absolute Gasteiger partial charge is 0.224 e. The van der Waals surface area contributed by atoms with Crippen molar-refractivity contribution in [2.75, 3.05) is 10.6 Å². The van der Waals surface area contributed by atoms with Crippen LogP contribution in [0.15, 0.2) is 42.6 Å². The van der Waals surface area contributed by atoms with E-state index in [1.54, 1.807) is 6.20 Å². The Bertz CT molecular complexity index is 517. The van der Waals surface area contributed by atoms with Gasteiger partial charge >= 0.3 is 0 Å². The van der Waals surface area contributed by atoms with Gasteiger partial charge in [0.2, 0.25) is 5.95 Å².